The summed E-state index contributed by atoms with van der Waals surface area (Å²) >= 11 is 0. The monoisotopic (exact) mass is 250 g/mol. The number of aromatic nitrogens is 4. The maximum atomic E-state index is 11.7. The maximum absolute atomic E-state index is 11.7. The standard InChI is InChI=1S/C10H10N4O4/c1-13-5-6(4-11-13)14-8(16)3-7(15)9(12-14)10(17)18-2/h3-5,15H,1-2H3. The van der Waals surface area contributed by atoms with E-state index in [-0.39, 0.29) is 5.69 Å². The zero-order valence-electron chi connectivity index (χ0n) is 9.69. The summed E-state index contributed by atoms with van der Waals surface area (Å²) in [6.07, 6.45) is 2.96. The van der Waals surface area contributed by atoms with E-state index in [2.05, 4.69) is 14.9 Å². The molecule has 0 saturated heterocycles. The van der Waals surface area contributed by atoms with Crippen LogP contribution in [0, 0.1) is 0 Å². The molecule has 0 aliphatic rings. The smallest absolute Gasteiger partial charge is 0.362 e. The van der Waals surface area contributed by atoms with Crippen LogP contribution in [0.2, 0.25) is 0 Å². The normalized spacial score (nSPS) is 10.3. The molecule has 0 radical (unpaired) electrons. The third kappa shape index (κ3) is 1.95. The average molecular weight is 250 g/mol. The zero-order chi connectivity index (χ0) is 13.3. The molecular weight excluding hydrogens is 240 g/mol. The topological polar surface area (TPSA) is 99.2 Å². The van der Waals surface area contributed by atoms with Crippen LogP contribution in [0.5, 0.6) is 5.75 Å². The molecule has 0 bridgehead atoms. The fraction of sp³-hybridized carbons (Fsp3) is 0.200. The van der Waals surface area contributed by atoms with Gasteiger partial charge in [0.05, 0.1) is 19.5 Å². The first-order valence-electron chi connectivity index (χ1n) is 4.93. The van der Waals surface area contributed by atoms with Crippen LogP contribution in [0.3, 0.4) is 0 Å². The van der Waals surface area contributed by atoms with Gasteiger partial charge < -0.3 is 9.84 Å². The van der Waals surface area contributed by atoms with Crippen LogP contribution in [0.1, 0.15) is 10.5 Å². The molecule has 1 N–H and O–H groups in total. The summed E-state index contributed by atoms with van der Waals surface area (Å²) in [6.45, 7) is 0. The molecular formula is C10H10N4O4. The molecule has 0 unspecified atom stereocenters. The molecule has 8 heteroatoms. The number of aromatic hydroxyl groups is 1. The number of esters is 1. The lowest BCUT2D eigenvalue weighted by atomic mass is 10.3. The van der Waals surface area contributed by atoms with Crippen LogP contribution in [0.15, 0.2) is 23.3 Å². The predicted molar refractivity (Wildman–Crippen MR) is 59.6 cm³/mol. The van der Waals surface area contributed by atoms with Crippen molar-refractivity contribution < 1.29 is 14.6 Å². The highest BCUT2D eigenvalue weighted by atomic mass is 16.5. The SMILES string of the molecule is COC(=O)c1nn(-c2cnn(C)c2)c(=O)cc1O. The van der Waals surface area contributed by atoms with Crippen LogP contribution in [0.25, 0.3) is 5.69 Å². The Labute approximate surface area is 101 Å². The third-order valence-corrected chi connectivity index (χ3v) is 2.23. The predicted octanol–water partition coefficient (Wildman–Crippen LogP) is -0.542. The van der Waals surface area contributed by atoms with Crippen molar-refractivity contribution in [2.24, 2.45) is 7.05 Å². The van der Waals surface area contributed by atoms with Crippen LogP contribution >= 0.6 is 0 Å². The molecule has 2 rings (SSSR count). The Morgan fingerprint density at radius 1 is 1.50 bits per heavy atom. The van der Waals surface area contributed by atoms with E-state index in [0.29, 0.717) is 5.69 Å². The highest BCUT2D eigenvalue weighted by Gasteiger charge is 2.17. The molecule has 0 atom stereocenters. The first-order valence-corrected chi connectivity index (χ1v) is 4.93. The molecule has 18 heavy (non-hydrogen) atoms. The van der Waals surface area contributed by atoms with Crippen molar-refractivity contribution in [2.75, 3.05) is 7.11 Å². The van der Waals surface area contributed by atoms with Gasteiger partial charge in [-0.3, -0.25) is 9.48 Å². The van der Waals surface area contributed by atoms with Gasteiger partial charge in [0.15, 0.2) is 5.75 Å². The second-order valence-electron chi connectivity index (χ2n) is 3.49. The number of rotatable bonds is 2. The number of carbonyl (C=O) groups is 1. The van der Waals surface area contributed by atoms with Crippen molar-refractivity contribution in [3.63, 3.8) is 0 Å². The van der Waals surface area contributed by atoms with Crippen molar-refractivity contribution in [1.29, 1.82) is 0 Å². The third-order valence-electron chi connectivity index (χ3n) is 2.23. The number of nitrogens with zero attached hydrogens (tertiary/aromatic N) is 4. The average Bonchev–Trinajstić information content (AvgIpc) is 2.75. The van der Waals surface area contributed by atoms with E-state index in [0.717, 1.165) is 17.9 Å². The minimum atomic E-state index is -0.829. The Morgan fingerprint density at radius 2 is 2.22 bits per heavy atom. The molecule has 2 aromatic rings. The van der Waals surface area contributed by atoms with Gasteiger partial charge in [-0.2, -0.15) is 14.9 Å². The van der Waals surface area contributed by atoms with Crippen molar-refractivity contribution in [3.05, 3.63) is 34.5 Å². The number of aryl methyl sites for hydroxylation is 1. The molecule has 0 saturated carbocycles. The number of ether oxygens (including phenoxy) is 1. The molecule has 0 aliphatic heterocycles. The molecule has 0 aliphatic carbocycles. The lowest BCUT2D eigenvalue weighted by Crippen LogP contribution is -2.23. The van der Waals surface area contributed by atoms with Gasteiger partial charge in [-0.15, -0.1) is 0 Å². The van der Waals surface area contributed by atoms with E-state index in [1.165, 1.54) is 10.9 Å². The molecule has 0 aromatic carbocycles. The van der Waals surface area contributed by atoms with Gasteiger partial charge >= 0.3 is 5.97 Å². The fourth-order valence-electron chi connectivity index (χ4n) is 1.39. The van der Waals surface area contributed by atoms with E-state index in [9.17, 15) is 14.7 Å². The van der Waals surface area contributed by atoms with E-state index in [1.54, 1.807) is 13.2 Å². The molecule has 2 aromatic heterocycles. The van der Waals surface area contributed by atoms with Gasteiger partial charge in [0, 0.05) is 13.1 Å². The van der Waals surface area contributed by atoms with Crippen LogP contribution < -0.4 is 5.56 Å². The van der Waals surface area contributed by atoms with Crippen molar-refractivity contribution >= 4 is 5.97 Å². The van der Waals surface area contributed by atoms with E-state index in [1.807, 2.05) is 0 Å². The van der Waals surface area contributed by atoms with Gasteiger partial charge in [-0.1, -0.05) is 0 Å². The number of carbonyl (C=O) groups excluding carboxylic acids is 1. The van der Waals surface area contributed by atoms with E-state index in [4.69, 9.17) is 0 Å². The summed E-state index contributed by atoms with van der Waals surface area (Å²) < 4.78 is 6.89. The molecule has 0 fully saturated rings. The minimum absolute atomic E-state index is 0.332. The zero-order valence-corrected chi connectivity index (χ0v) is 9.69. The molecule has 8 nitrogen and oxygen atoms in total. The lowest BCUT2D eigenvalue weighted by molar-refractivity contribution is 0.0588. The Hall–Kier alpha value is -2.64. The quantitative estimate of drug-likeness (QED) is 0.718. The Kier molecular flexibility index (Phi) is 2.84. The van der Waals surface area contributed by atoms with Gasteiger partial charge in [-0.05, 0) is 0 Å². The van der Waals surface area contributed by atoms with E-state index >= 15 is 0 Å². The van der Waals surface area contributed by atoms with Crippen molar-refractivity contribution in [3.8, 4) is 11.4 Å². The molecule has 0 amide bonds. The Balaban J connectivity index is 2.62. The molecule has 2 heterocycles. The summed E-state index contributed by atoms with van der Waals surface area (Å²) in [5.74, 6) is -1.35. The van der Waals surface area contributed by atoms with Crippen LogP contribution in [-0.2, 0) is 11.8 Å². The highest BCUT2D eigenvalue weighted by Crippen LogP contribution is 2.12. The minimum Gasteiger partial charge on any atom is -0.505 e. The van der Waals surface area contributed by atoms with Gasteiger partial charge in [0.25, 0.3) is 5.56 Å². The number of hydrogen-bond donors (Lipinski definition) is 1. The molecule has 0 spiro atoms. The largest absolute Gasteiger partial charge is 0.505 e. The summed E-state index contributed by atoms with van der Waals surface area (Å²) in [4.78, 5) is 23.0. The van der Waals surface area contributed by atoms with Crippen molar-refractivity contribution in [2.45, 2.75) is 0 Å². The van der Waals surface area contributed by atoms with Gasteiger partial charge in [0.2, 0.25) is 5.69 Å². The lowest BCUT2D eigenvalue weighted by Gasteiger charge is -2.05. The first kappa shape index (κ1) is 11.8. The van der Waals surface area contributed by atoms with Crippen molar-refractivity contribution in [1.82, 2.24) is 19.6 Å². The number of hydrogen-bond acceptors (Lipinski definition) is 6. The highest BCUT2D eigenvalue weighted by molar-refractivity contribution is 5.89. The Morgan fingerprint density at radius 3 is 2.78 bits per heavy atom. The Bertz CT molecular complexity index is 658. The summed E-state index contributed by atoms with van der Waals surface area (Å²) in [5, 5.41) is 17.1. The summed E-state index contributed by atoms with van der Waals surface area (Å²) in [6, 6.07) is 0.895. The second kappa shape index (κ2) is 4.32. The van der Waals surface area contributed by atoms with E-state index < -0.39 is 17.3 Å². The molecule has 94 valence electrons. The van der Waals surface area contributed by atoms with Crippen LogP contribution in [0.4, 0.5) is 0 Å². The first-order chi connectivity index (χ1) is 8.52. The summed E-state index contributed by atoms with van der Waals surface area (Å²) in [7, 11) is 2.83. The van der Waals surface area contributed by atoms with Gasteiger partial charge in [0.1, 0.15) is 5.69 Å². The van der Waals surface area contributed by atoms with Crippen LogP contribution in [-0.4, -0.2) is 37.7 Å². The second-order valence-corrected chi connectivity index (χ2v) is 3.49. The number of methoxy groups -OCH3 is 1. The summed E-state index contributed by atoms with van der Waals surface area (Å²) in [5.41, 5.74) is -0.526. The maximum Gasteiger partial charge on any atom is 0.362 e. The van der Waals surface area contributed by atoms with Gasteiger partial charge in [-0.25, -0.2) is 4.79 Å². The fourth-order valence-corrected chi connectivity index (χ4v) is 1.39.